The van der Waals surface area contributed by atoms with Gasteiger partial charge in [0.05, 0.1) is 6.20 Å². The van der Waals surface area contributed by atoms with Crippen LogP contribution >= 0.6 is 0 Å². The third kappa shape index (κ3) is 1.68. The molecule has 0 amide bonds. The molecule has 0 unspecified atom stereocenters. The van der Waals surface area contributed by atoms with Crippen molar-refractivity contribution in [2.45, 2.75) is 0 Å². The van der Waals surface area contributed by atoms with Gasteiger partial charge in [0.2, 0.25) is 0 Å². The van der Waals surface area contributed by atoms with Crippen LogP contribution in [-0.2, 0) is 0 Å². The van der Waals surface area contributed by atoms with E-state index >= 15 is 0 Å². The van der Waals surface area contributed by atoms with Crippen LogP contribution in [0, 0.1) is 11.6 Å². The fourth-order valence-electron chi connectivity index (χ4n) is 1.34. The van der Waals surface area contributed by atoms with Gasteiger partial charge >= 0.3 is 0 Å². The average Bonchev–Trinajstić information content (AvgIpc) is 2.65. The second-order valence-electron chi connectivity index (χ2n) is 2.97. The van der Waals surface area contributed by atoms with E-state index in [9.17, 15) is 8.78 Å². The molecule has 5 heteroatoms. The first-order chi connectivity index (χ1) is 7.22. The summed E-state index contributed by atoms with van der Waals surface area (Å²) in [4.78, 5) is 0. The largest absolute Gasteiger partial charge is 0.373 e. The van der Waals surface area contributed by atoms with Crippen LogP contribution in [0.15, 0.2) is 30.5 Å². The van der Waals surface area contributed by atoms with E-state index in [-0.39, 0.29) is 5.69 Å². The number of rotatable bonds is 2. The summed E-state index contributed by atoms with van der Waals surface area (Å²) < 4.78 is 27.5. The maximum absolute atomic E-state index is 13.4. The molecule has 0 bridgehead atoms. The van der Waals surface area contributed by atoms with Crippen LogP contribution in [0.2, 0.25) is 0 Å². The lowest BCUT2D eigenvalue weighted by Crippen LogP contribution is -2.04. The second-order valence-corrected chi connectivity index (χ2v) is 2.97. The number of anilines is 1. The van der Waals surface area contributed by atoms with Gasteiger partial charge in [0.25, 0.3) is 0 Å². The fraction of sp³-hybridized carbons (Fsp3) is 0.100. The van der Waals surface area contributed by atoms with E-state index in [0.29, 0.717) is 5.82 Å². The normalized spacial score (nSPS) is 10.3. The van der Waals surface area contributed by atoms with Crippen molar-refractivity contribution in [1.82, 2.24) is 9.78 Å². The van der Waals surface area contributed by atoms with E-state index < -0.39 is 11.6 Å². The predicted octanol–water partition coefficient (Wildman–Crippen LogP) is 2.19. The van der Waals surface area contributed by atoms with Gasteiger partial charge < -0.3 is 5.32 Å². The molecule has 1 aromatic heterocycles. The fourth-order valence-corrected chi connectivity index (χ4v) is 1.34. The van der Waals surface area contributed by atoms with Gasteiger partial charge in [0, 0.05) is 19.2 Å². The minimum absolute atomic E-state index is 0.214. The van der Waals surface area contributed by atoms with Gasteiger partial charge in [-0.1, -0.05) is 0 Å². The van der Waals surface area contributed by atoms with Crippen molar-refractivity contribution in [2.75, 3.05) is 12.4 Å². The van der Waals surface area contributed by atoms with Gasteiger partial charge in [-0.3, -0.25) is 0 Å². The first kappa shape index (κ1) is 9.64. The van der Waals surface area contributed by atoms with Gasteiger partial charge in [0.1, 0.15) is 17.3 Å². The monoisotopic (exact) mass is 209 g/mol. The predicted molar refractivity (Wildman–Crippen MR) is 53.0 cm³/mol. The molecular formula is C10H9F2N3. The summed E-state index contributed by atoms with van der Waals surface area (Å²) in [6, 6.07) is 5.07. The first-order valence-corrected chi connectivity index (χ1v) is 4.39. The quantitative estimate of drug-likeness (QED) is 0.821. The zero-order valence-corrected chi connectivity index (χ0v) is 8.04. The zero-order valence-electron chi connectivity index (χ0n) is 8.04. The molecular weight excluding hydrogens is 200 g/mol. The minimum atomic E-state index is -0.643. The molecule has 1 N–H and O–H groups in total. The van der Waals surface area contributed by atoms with Crippen molar-refractivity contribution in [1.29, 1.82) is 0 Å². The Hall–Kier alpha value is -1.91. The molecule has 0 saturated heterocycles. The molecule has 0 saturated carbocycles. The number of halogens is 2. The first-order valence-electron chi connectivity index (χ1n) is 4.39. The number of hydrogen-bond acceptors (Lipinski definition) is 2. The van der Waals surface area contributed by atoms with Crippen LogP contribution in [0.3, 0.4) is 0 Å². The molecule has 0 aliphatic carbocycles. The highest BCUT2D eigenvalue weighted by molar-refractivity contribution is 5.44. The number of hydrogen-bond donors (Lipinski definition) is 1. The summed E-state index contributed by atoms with van der Waals surface area (Å²) in [5.41, 5.74) is 0.214. The summed E-state index contributed by atoms with van der Waals surface area (Å²) >= 11 is 0. The lowest BCUT2D eigenvalue weighted by Gasteiger charge is -2.07. The Bertz CT molecular complexity index is 479. The smallest absolute Gasteiger partial charge is 0.151 e. The number of benzene rings is 1. The standard InChI is InChI=1S/C10H9F2N3/c1-13-10-4-5-14-15(10)9-3-2-7(11)6-8(9)12/h2-6,13H,1H3. The average molecular weight is 209 g/mol. The summed E-state index contributed by atoms with van der Waals surface area (Å²) in [5.74, 6) is -0.606. The molecule has 0 spiro atoms. The van der Waals surface area contributed by atoms with Crippen LogP contribution < -0.4 is 5.32 Å². The molecule has 0 radical (unpaired) electrons. The Morgan fingerprint density at radius 1 is 1.27 bits per heavy atom. The summed E-state index contributed by atoms with van der Waals surface area (Å²) in [6.45, 7) is 0. The number of nitrogens with one attached hydrogen (secondary N) is 1. The third-order valence-corrected chi connectivity index (χ3v) is 2.04. The molecule has 0 fully saturated rings. The van der Waals surface area contributed by atoms with E-state index in [2.05, 4.69) is 10.4 Å². The molecule has 15 heavy (non-hydrogen) atoms. The van der Waals surface area contributed by atoms with Crippen LogP contribution in [0.25, 0.3) is 5.69 Å². The van der Waals surface area contributed by atoms with Crippen molar-refractivity contribution >= 4 is 5.82 Å². The van der Waals surface area contributed by atoms with Gasteiger partial charge in [0.15, 0.2) is 5.82 Å². The minimum Gasteiger partial charge on any atom is -0.373 e. The molecule has 3 nitrogen and oxygen atoms in total. The Morgan fingerprint density at radius 3 is 2.73 bits per heavy atom. The van der Waals surface area contributed by atoms with E-state index in [1.165, 1.54) is 23.0 Å². The molecule has 2 rings (SSSR count). The van der Waals surface area contributed by atoms with Crippen molar-refractivity contribution in [3.63, 3.8) is 0 Å². The molecule has 0 aliphatic heterocycles. The van der Waals surface area contributed by atoms with Gasteiger partial charge in [-0.2, -0.15) is 5.10 Å². The van der Waals surface area contributed by atoms with Gasteiger partial charge in [-0.25, -0.2) is 13.5 Å². The lowest BCUT2D eigenvalue weighted by molar-refractivity contribution is 0.574. The molecule has 2 aromatic rings. The van der Waals surface area contributed by atoms with Crippen molar-refractivity contribution < 1.29 is 8.78 Å². The highest BCUT2D eigenvalue weighted by Gasteiger charge is 2.09. The van der Waals surface area contributed by atoms with Crippen molar-refractivity contribution in [3.8, 4) is 5.69 Å². The molecule has 0 aliphatic rings. The van der Waals surface area contributed by atoms with E-state index in [1.54, 1.807) is 13.1 Å². The van der Waals surface area contributed by atoms with Crippen molar-refractivity contribution in [2.24, 2.45) is 0 Å². The lowest BCUT2D eigenvalue weighted by atomic mass is 10.3. The molecule has 0 atom stereocenters. The Kier molecular flexibility index (Phi) is 2.37. The Balaban J connectivity index is 2.54. The van der Waals surface area contributed by atoms with Crippen LogP contribution in [0.4, 0.5) is 14.6 Å². The summed E-state index contributed by atoms with van der Waals surface area (Å²) in [5, 5.41) is 6.80. The zero-order chi connectivity index (χ0) is 10.8. The summed E-state index contributed by atoms with van der Waals surface area (Å²) in [7, 11) is 1.70. The van der Waals surface area contributed by atoms with Crippen LogP contribution in [-0.4, -0.2) is 16.8 Å². The van der Waals surface area contributed by atoms with E-state index in [1.807, 2.05) is 0 Å². The van der Waals surface area contributed by atoms with Crippen LogP contribution in [0.5, 0.6) is 0 Å². The highest BCUT2D eigenvalue weighted by atomic mass is 19.1. The summed E-state index contributed by atoms with van der Waals surface area (Å²) in [6.07, 6.45) is 1.54. The molecule has 78 valence electrons. The maximum Gasteiger partial charge on any atom is 0.151 e. The maximum atomic E-state index is 13.4. The highest BCUT2D eigenvalue weighted by Crippen LogP contribution is 2.18. The molecule has 1 aromatic carbocycles. The third-order valence-electron chi connectivity index (χ3n) is 2.04. The van der Waals surface area contributed by atoms with E-state index in [4.69, 9.17) is 0 Å². The van der Waals surface area contributed by atoms with Gasteiger partial charge in [-0.05, 0) is 12.1 Å². The Labute approximate surface area is 85.3 Å². The van der Waals surface area contributed by atoms with Gasteiger partial charge in [-0.15, -0.1) is 0 Å². The van der Waals surface area contributed by atoms with Crippen molar-refractivity contribution in [3.05, 3.63) is 42.1 Å². The Morgan fingerprint density at radius 2 is 2.07 bits per heavy atom. The number of aromatic nitrogens is 2. The molecule has 1 heterocycles. The second kappa shape index (κ2) is 3.68. The number of nitrogens with zero attached hydrogens (tertiary/aromatic N) is 2. The SMILES string of the molecule is CNc1ccnn1-c1ccc(F)cc1F. The van der Waals surface area contributed by atoms with E-state index in [0.717, 1.165) is 6.07 Å². The van der Waals surface area contributed by atoms with Crippen LogP contribution in [0.1, 0.15) is 0 Å². The topological polar surface area (TPSA) is 29.9 Å².